The van der Waals surface area contributed by atoms with E-state index in [0.717, 1.165) is 0 Å². The molecule has 1 rings (SSSR count). The van der Waals surface area contributed by atoms with Crippen LogP contribution >= 0.6 is 0 Å². The largest absolute Gasteiger partial charge is 0.478 e. The highest BCUT2D eigenvalue weighted by molar-refractivity contribution is 5.92. The Labute approximate surface area is 90.9 Å². The fourth-order valence-corrected chi connectivity index (χ4v) is 1.42. The second-order valence-electron chi connectivity index (χ2n) is 3.02. The number of carbonyl (C=O) groups is 1. The smallest absolute Gasteiger partial charge is 0.337 e. The molecule has 0 radical (unpaired) electrons. The summed E-state index contributed by atoms with van der Waals surface area (Å²) in [5.74, 6) is -1.35. The average molecular weight is 220 g/mol. The molecule has 1 aromatic rings. The van der Waals surface area contributed by atoms with E-state index in [9.17, 15) is 14.9 Å². The third-order valence-corrected chi connectivity index (χ3v) is 2.17. The van der Waals surface area contributed by atoms with E-state index in [-0.39, 0.29) is 5.56 Å². The van der Waals surface area contributed by atoms with Crippen molar-refractivity contribution in [2.24, 2.45) is 0 Å². The zero-order valence-electron chi connectivity index (χ0n) is 8.43. The number of hydrogen-bond donors (Lipinski definition) is 1. The number of nitrogens with zero attached hydrogens (tertiary/aromatic N) is 2. The van der Waals surface area contributed by atoms with Crippen LogP contribution in [-0.2, 0) is 6.42 Å². The lowest BCUT2D eigenvalue weighted by atomic mass is 10.0. The van der Waals surface area contributed by atoms with Gasteiger partial charge in [-0.05, 0) is 12.5 Å². The average Bonchev–Trinajstić information content (AvgIpc) is 2.26. The summed E-state index contributed by atoms with van der Waals surface area (Å²) in [6, 6.07) is 4.16. The molecule has 0 amide bonds. The third kappa shape index (κ3) is 1.83. The summed E-state index contributed by atoms with van der Waals surface area (Å²) in [4.78, 5) is 20.9. The maximum atomic E-state index is 10.8. The summed E-state index contributed by atoms with van der Waals surface area (Å²) in [6.07, 6.45) is 0.366. The van der Waals surface area contributed by atoms with Crippen LogP contribution < -0.4 is 0 Å². The number of benzene rings is 1. The van der Waals surface area contributed by atoms with Gasteiger partial charge in [-0.1, -0.05) is 13.0 Å². The lowest BCUT2D eigenvalue weighted by molar-refractivity contribution is -0.385. The molecular weight excluding hydrogens is 212 g/mol. The highest BCUT2D eigenvalue weighted by Gasteiger charge is 2.24. The molecular formula is C10H8N2O4. The van der Waals surface area contributed by atoms with E-state index in [1.807, 2.05) is 0 Å². The number of aryl methyl sites for hydroxylation is 1. The van der Waals surface area contributed by atoms with E-state index in [1.54, 1.807) is 13.0 Å². The fourth-order valence-electron chi connectivity index (χ4n) is 1.42. The van der Waals surface area contributed by atoms with Gasteiger partial charge in [0.2, 0.25) is 0 Å². The zero-order chi connectivity index (χ0) is 12.3. The number of nitro benzene ring substituents is 1. The summed E-state index contributed by atoms with van der Waals surface area (Å²) in [7, 11) is 0. The van der Waals surface area contributed by atoms with Gasteiger partial charge in [-0.2, -0.15) is 5.26 Å². The number of aromatic carboxylic acids is 1. The molecule has 6 nitrogen and oxygen atoms in total. The molecule has 0 aliphatic rings. The molecule has 0 aliphatic heterocycles. The van der Waals surface area contributed by atoms with Crippen LogP contribution in [0.25, 0.3) is 0 Å². The summed E-state index contributed by atoms with van der Waals surface area (Å²) in [6.45, 7) is 1.70. The van der Waals surface area contributed by atoms with Crippen molar-refractivity contribution in [2.75, 3.05) is 0 Å². The van der Waals surface area contributed by atoms with E-state index in [0.29, 0.717) is 12.0 Å². The van der Waals surface area contributed by atoms with Crippen LogP contribution in [0, 0.1) is 21.4 Å². The number of carboxylic acid groups (broad SMARTS) is 1. The molecule has 0 heterocycles. The molecule has 1 aromatic carbocycles. The predicted molar refractivity (Wildman–Crippen MR) is 54.1 cm³/mol. The van der Waals surface area contributed by atoms with E-state index in [1.165, 1.54) is 12.1 Å². The molecule has 0 spiro atoms. The predicted octanol–water partition coefficient (Wildman–Crippen LogP) is 1.73. The molecule has 0 atom stereocenters. The summed E-state index contributed by atoms with van der Waals surface area (Å²) in [5.41, 5.74) is -0.792. The van der Waals surface area contributed by atoms with Crippen molar-refractivity contribution in [3.05, 3.63) is 38.9 Å². The second kappa shape index (κ2) is 4.40. The first-order valence-corrected chi connectivity index (χ1v) is 4.46. The minimum absolute atomic E-state index is 0.341. The van der Waals surface area contributed by atoms with Gasteiger partial charge in [0.15, 0.2) is 0 Å². The number of nitro groups is 1. The summed E-state index contributed by atoms with van der Waals surface area (Å²) >= 11 is 0. The number of nitriles is 1. The van der Waals surface area contributed by atoms with E-state index >= 15 is 0 Å². The molecule has 16 heavy (non-hydrogen) atoms. The Morgan fingerprint density at radius 2 is 2.25 bits per heavy atom. The Balaban J connectivity index is 3.64. The maximum Gasteiger partial charge on any atom is 0.337 e. The van der Waals surface area contributed by atoms with E-state index in [2.05, 4.69) is 0 Å². The van der Waals surface area contributed by atoms with E-state index in [4.69, 9.17) is 10.4 Å². The maximum absolute atomic E-state index is 10.8. The molecule has 0 fully saturated rings. The first-order valence-electron chi connectivity index (χ1n) is 4.46. The van der Waals surface area contributed by atoms with Crippen LogP contribution in [0.15, 0.2) is 12.1 Å². The zero-order valence-corrected chi connectivity index (χ0v) is 8.43. The fraction of sp³-hybridized carbons (Fsp3) is 0.200. The van der Waals surface area contributed by atoms with Gasteiger partial charge in [0, 0.05) is 5.56 Å². The first kappa shape index (κ1) is 11.7. The van der Waals surface area contributed by atoms with Crippen molar-refractivity contribution >= 4 is 11.7 Å². The van der Waals surface area contributed by atoms with Crippen LogP contribution in [0.4, 0.5) is 5.69 Å². The molecule has 6 heteroatoms. The lowest BCUT2D eigenvalue weighted by Crippen LogP contribution is -2.06. The molecule has 82 valence electrons. The molecule has 0 aliphatic carbocycles. The Morgan fingerprint density at radius 3 is 2.62 bits per heavy atom. The molecule has 0 saturated carbocycles. The SMILES string of the molecule is CCc1ccc(C(=O)O)c(C#N)c1[N+](=O)[O-]. The normalized spacial score (nSPS) is 9.50. The van der Waals surface area contributed by atoms with Gasteiger partial charge < -0.3 is 5.11 Å². The summed E-state index contributed by atoms with van der Waals surface area (Å²) < 4.78 is 0. The van der Waals surface area contributed by atoms with Crippen molar-refractivity contribution in [3.8, 4) is 6.07 Å². The molecule has 0 unspecified atom stereocenters. The monoisotopic (exact) mass is 220 g/mol. The Hall–Kier alpha value is -2.42. The van der Waals surface area contributed by atoms with Gasteiger partial charge in [-0.15, -0.1) is 0 Å². The highest BCUT2D eigenvalue weighted by atomic mass is 16.6. The van der Waals surface area contributed by atoms with Gasteiger partial charge in [0.1, 0.15) is 11.6 Å². The van der Waals surface area contributed by atoms with Crippen LogP contribution in [0.3, 0.4) is 0 Å². The van der Waals surface area contributed by atoms with Crippen LogP contribution in [0.1, 0.15) is 28.4 Å². The number of hydrogen-bond acceptors (Lipinski definition) is 4. The van der Waals surface area contributed by atoms with Crippen LogP contribution in [0.2, 0.25) is 0 Å². The Bertz CT molecular complexity index is 502. The van der Waals surface area contributed by atoms with Crippen molar-refractivity contribution in [1.29, 1.82) is 5.26 Å². The molecule has 0 aromatic heterocycles. The number of carboxylic acids is 1. The van der Waals surface area contributed by atoms with Crippen LogP contribution in [-0.4, -0.2) is 16.0 Å². The van der Waals surface area contributed by atoms with Crippen molar-refractivity contribution in [2.45, 2.75) is 13.3 Å². The number of rotatable bonds is 3. The van der Waals surface area contributed by atoms with Crippen LogP contribution in [0.5, 0.6) is 0 Å². The lowest BCUT2D eigenvalue weighted by Gasteiger charge is -2.04. The van der Waals surface area contributed by atoms with Gasteiger partial charge in [0.05, 0.1) is 10.5 Å². The molecule has 1 N–H and O–H groups in total. The Morgan fingerprint density at radius 1 is 1.62 bits per heavy atom. The summed E-state index contributed by atoms with van der Waals surface area (Å²) in [5, 5.41) is 28.4. The van der Waals surface area contributed by atoms with Gasteiger partial charge in [-0.3, -0.25) is 10.1 Å². The highest BCUT2D eigenvalue weighted by Crippen LogP contribution is 2.27. The van der Waals surface area contributed by atoms with Crippen molar-refractivity contribution < 1.29 is 14.8 Å². The topological polar surface area (TPSA) is 104 Å². The first-order chi connectivity index (χ1) is 7.52. The van der Waals surface area contributed by atoms with E-state index < -0.39 is 22.1 Å². The van der Waals surface area contributed by atoms with Gasteiger partial charge >= 0.3 is 5.97 Å². The second-order valence-corrected chi connectivity index (χ2v) is 3.02. The standard InChI is InChI=1S/C10H8N2O4/c1-2-6-3-4-7(10(13)14)8(5-11)9(6)12(15)16/h3-4H,2H2,1H3,(H,13,14). The van der Waals surface area contributed by atoms with Crippen molar-refractivity contribution in [1.82, 2.24) is 0 Å². The van der Waals surface area contributed by atoms with Gasteiger partial charge in [-0.25, -0.2) is 4.79 Å². The Kier molecular flexibility index (Phi) is 3.20. The van der Waals surface area contributed by atoms with Gasteiger partial charge in [0.25, 0.3) is 5.69 Å². The minimum Gasteiger partial charge on any atom is -0.478 e. The minimum atomic E-state index is -1.35. The molecule has 0 bridgehead atoms. The third-order valence-electron chi connectivity index (χ3n) is 2.17. The quantitative estimate of drug-likeness (QED) is 0.616. The molecule has 0 saturated heterocycles. The van der Waals surface area contributed by atoms with Crippen molar-refractivity contribution in [3.63, 3.8) is 0 Å².